The van der Waals surface area contributed by atoms with E-state index in [0.29, 0.717) is 18.0 Å². The summed E-state index contributed by atoms with van der Waals surface area (Å²) in [6, 6.07) is 3.08. The molecule has 1 saturated heterocycles. The van der Waals surface area contributed by atoms with Crippen LogP contribution in [0.2, 0.25) is 0 Å². The van der Waals surface area contributed by atoms with Crippen LogP contribution in [0.3, 0.4) is 0 Å². The predicted octanol–water partition coefficient (Wildman–Crippen LogP) is 1.81. The lowest BCUT2D eigenvalue weighted by atomic mass is 9.93. The lowest BCUT2D eigenvalue weighted by Crippen LogP contribution is -2.36. The number of nitrogens with one attached hydrogen (secondary N) is 1. The smallest absolute Gasteiger partial charge is 0.178 e. The van der Waals surface area contributed by atoms with Crippen LogP contribution in [0.25, 0.3) is 0 Å². The molecular weight excluding hydrogens is 319 g/mol. The van der Waals surface area contributed by atoms with Crippen LogP contribution >= 0.6 is 0 Å². The number of pyridine rings is 1. The highest BCUT2D eigenvalue weighted by Gasteiger charge is 2.24. The standard InChI is InChI=1S/C15H19FN4O2S/c1-23(21,22)14-9-18-19-13(14)7-11-3-2-6-20(10-11)15-5-4-12(16)8-17-15/h4-5,8-9,11H,2-3,6-7,10H2,1H3,(H,18,19). The van der Waals surface area contributed by atoms with Crippen LogP contribution in [0.15, 0.2) is 29.4 Å². The second-order valence-corrected chi connectivity index (χ2v) is 7.96. The number of aromatic nitrogens is 3. The molecule has 2 aromatic rings. The zero-order chi connectivity index (χ0) is 16.4. The highest BCUT2D eigenvalue weighted by Crippen LogP contribution is 2.25. The van der Waals surface area contributed by atoms with Crippen molar-refractivity contribution in [3.63, 3.8) is 0 Å². The van der Waals surface area contributed by atoms with Crippen molar-refractivity contribution < 1.29 is 12.8 Å². The molecule has 1 fully saturated rings. The quantitative estimate of drug-likeness (QED) is 0.920. The van der Waals surface area contributed by atoms with E-state index in [4.69, 9.17) is 0 Å². The first-order valence-electron chi connectivity index (χ1n) is 7.52. The van der Waals surface area contributed by atoms with Crippen molar-refractivity contribution in [2.45, 2.75) is 24.2 Å². The number of rotatable bonds is 4. The van der Waals surface area contributed by atoms with E-state index in [-0.39, 0.29) is 10.7 Å². The van der Waals surface area contributed by atoms with Gasteiger partial charge in [-0.1, -0.05) is 0 Å². The largest absolute Gasteiger partial charge is 0.356 e. The Morgan fingerprint density at radius 3 is 2.91 bits per heavy atom. The summed E-state index contributed by atoms with van der Waals surface area (Å²) in [5, 5.41) is 6.68. The summed E-state index contributed by atoms with van der Waals surface area (Å²) in [5.74, 6) is 0.707. The topological polar surface area (TPSA) is 79.0 Å². The van der Waals surface area contributed by atoms with Crippen molar-refractivity contribution in [2.75, 3.05) is 24.2 Å². The molecule has 0 spiro atoms. The average Bonchev–Trinajstić information content (AvgIpc) is 2.96. The Morgan fingerprint density at radius 2 is 2.22 bits per heavy atom. The second kappa shape index (κ2) is 6.27. The van der Waals surface area contributed by atoms with Crippen LogP contribution in [0.5, 0.6) is 0 Å². The predicted molar refractivity (Wildman–Crippen MR) is 84.5 cm³/mol. The first-order chi connectivity index (χ1) is 10.9. The molecule has 0 aliphatic carbocycles. The molecule has 1 aliphatic rings. The third-order valence-corrected chi connectivity index (χ3v) is 5.28. The molecule has 2 aromatic heterocycles. The maximum Gasteiger partial charge on any atom is 0.178 e. The molecular formula is C15H19FN4O2S. The van der Waals surface area contributed by atoms with E-state index in [1.54, 1.807) is 6.07 Å². The molecule has 0 saturated carbocycles. The van der Waals surface area contributed by atoms with E-state index in [1.165, 1.54) is 24.7 Å². The van der Waals surface area contributed by atoms with Gasteiger partial charge in [-0.3, -0.25) is 5.10 Å². The molecule has 1 aliphatic heterocycles. The SMILES string of the molecule is CS(=O)(=O)c1cn[nH]c1CC1CCCN(c2ccc(F)cn2)C1. The van der Waals surface area contributed by atoms with Crippen molar-refractivity contribution in [1.82, 2.24) is 15.2 Å². The monoisotopic (exact) mass is 338 g/mol. The molecule has 3 rings (SSSR count). The van der Waals surface area contributed by atoms with Crippen molar-refractivity contribution in [1.29, 1.82) is 0 Å². The molecule has 1 unspecified atom stereocenters. The van der Waals surface area contributed by atoms with Crippen molar-refractivity contribution in [3.8, 4) is 0 Å². The van der Waals surface area contributed by atoms with Gasteiger partial charge in [-0.05, 0) is 37.3 Å². The van der Waals surface area contributed by atoms with Gasteiger partial charge in [0.2, 0.25) is 0 Å². The molecule has 23 heavy (non-hydrogen) atoms. The molecule has 0 radical (unpaired) electrons. The van der Waals surface area contributed by atoms with Crippen molar-refractivity contribution in [3.05, 3.63) is 36.0 Å². The lowest BCUT2D eigenvalue weighted by molar-refractivity contribution is 0.406. The fraction of sp³-hybridized carbons (Fsp3) is 0.467. The third kappa shape index (κ3) is 3.69. The van der Waals surface area contributed by atoms with Gasteiger partial charge >= 0.3 is 0 Å². The van der Waals surface area contributed by atoms with E-state index < -0.39 is 9.84 Å². The Kier molecular flexibility index (Phi) is 4.34. The average molecular weight is 338 g/mol. The first kappa shape index (κ1) is 15.9. The number of halogens is 1. The Labute approximate surface area is 134 Å². The maximum atomic E-state index is 13.0. The normalized spacial score (nSPS) is 19.0. The fourth-order valence-electron chi connectivity index (χ4n) is 3.05. The van der Waals surface area contributed by atoms with E-state index in [1.807, 2.05) is 0 Å². The van der Waals surface area contributed by atoms with Gasteiger partial charge < -0.3 is 4.90 Å². The van der Waals surface area contributed by atoms with Gasteiger partial charge in [0.1, 0.15) is 16.5 Å². The highest BCUT2D eigenvalue weighted by molar-refractivity contribution is 7.90. The minimum atomic E-state index is -3.27. The molecule has 0 aromatic carbocycles. The lowest BCUT2D eigenvalue weighted by Gasteiger charge is -2.33. The number of piperidine rings is 1. The summed E-state index contributed by atoms with van der Waals surface area (Å²) in [5.41, 5.74) is 0.659. The van der Waals surface area contributed by atoms with Gasteiger partial charge in [0.25, 0.3) is 0 Å². The van der Waals surface area contributed by atoms with Crippen LogP contribution in [-0.4, -0.2) is 42.9 Å². The van der Waals surface area contributed by atoms with Crippen LogP contribution in [0.1, 0.15) is 18.5 Å². The Morgan fingerprint density at radius 1 is 1.39 bits per heavy atom. The Bertz CT molecular complexity index is 773. The van der Waals surface area contributed by atoms with Crippen molar-refractivity contribution >= 4 is 15.7 Å². The van der Waals surface area contributed by atoms with E-state index in [9.17, 15) is 12.8 Å². The fourth-order valence-corrected chi connectivity index (χ4v) is 3.87. The number of aromatic amines is 1. The Hall–Kier alpha value is -1.96. The number of hydrogen-bond donors (Lipinski definition) is 1. The van der Waals surface area contributed by atoms with E-state index in [0.717, 1.165) is 31.7 Å². The summed E-state index contributed by atoms with van der Waals surface area (Å²) < 4.78 is 36.5. The molecule has 6 nitrogen and oxygen atoms in total. The maximum absolute atomic E-state index is 13.0. The number of H-pyrrole nitrogens is 1. The van der Waals surface area contributed by atoms with Crippen LogP contribution in [0, 0.1) is 11.7 Å². The van der Waals surface area contributed by atoms with Gasteiger partial charge in [0, 0.05) is 19.3 Å². The van der Waals surface area contributed by atoms with Gasteiger partial charge in [0.15, 0.2) is 9.84 Å². The van der Waals surface area contributed by atoms with Crippen molar-refractivity contribution in [2.24, 2.45) is 5.92 Å². The first-order valence-corrected chi connectivity index (χ1v) is 9.41. The number of sulfone groups is 1. The third-order valence-electron chi connectivity index (χ3n) is 4.13. The zero-order valence-electron chi connectivity index (χ0n) is 12.9. The van der Waals surface area contributed by atoms with Gasteiger partial charge in [-0.15, -0.1) is 0 Å². The molecule has 124 valence electrons. The van der Waals surface area contributed by atoms with E-state index in [2.05, 4.69) is 20.1 Å². The minimum absolute atomic E-state index is 0.273. The summed E-state index contributed by atoms with van der Waals surface area (Å²) in [4.78, 5) is 6.51. The number of nitrogens with zero attached hydrogens (tertiary/aromatic N) is 3. The van der Waals surface area contributed by atoms with Gasteiger partial charge in [0.05, 0.1) is 18.1 Å². The summed E-state index contributed by atoms with van der Waals surface area (Å²) in [7, 11) is -3.27. The summed E-state index contributed by atoms with van der Waals surface area (Å²) in [6.07, 6.45) is 6.41. The zero-order valence-corrected chi connectivity index (χ0v) is 13.7. The molecule has 8 heteroatoms. The van der Waals surface area contributed by atoms with E-state index >= 15 is 0 Å². The highest BCUT2D eigenvalue weighted by atomic mass is 32.2. The van der Waals surface area contributed by atoms with Crippen LogP contribution < -0.4 is 4.90 Å². The second-order valence-electron chi connectivity index (χ2n) is 5.98. The Balaban J connectivity index is 1.72. The van der Waals surface area contributed by atoms with Gasteiger partial charge in [-0.2, -0.15) is 5.10 Å². The molecule has 1 atom stereocenters. The summed E-state index contributed by atoms with van der Waals surface area (Å²) >= 11 is 0. The van der Waals surface area contributed by atoms with Gasteiger partial charge in [-0.25, -0.2) is 17.8 Å². The van der Waals surface area contributed by atoms with Crippen LogP contribution in [0.4, 0.5) is 10.2 Å². The van der Waals surface area contributed by atoms with Crippen LogP contribution in [-0.2, 0) is 16.3 Å². The summed E-state index contributed by atoms with van der Waals surface area (Å²) in [6.45, 7) is 1.64. The molecule has 1 N–H and O–H groups in total. The molecule has 0 amide bonds. The molecule has 3 heterocycles. The molecule has 0 bridgehead atoms. The number of hydrogen-bond acceptors (Lipinski definition) is 5. The minimum Gasteiger partial charge on any atom is -0.356 e. The number of anilines is 1.